The molecule has 0 radical (unpaired) electrons. The highest BCUT2D eigenvalue weighted by molar-refractivity contribution is 7.88. The zero-order valence-corrected chi connectivity index (χ0v) is 20.2. The van der Waals surface area contributed by atoms with Crippen LogP contribution in [-0.2, 0) is 19.6 Å². The highest BCUT2D eigenvalue weighted by Crippen LogP contribution is 2.35. The maximum atomic E-state index is 13.1. The number of carbonyl (C=O) groups is 2. The average molecular weight is 480 g/mol. The SMILES string of the molecule is Cc1ccccc1C(CC(=O)C1C=CN=NC1=O)c1ccc(C2CCN(S(C)(=O)=O)CC2)cc1. The topological polar surface area (TPSA) is 96.2 Å². The van der Waals surface area contributed by atoms with E-state index in [-0.39, 0.29) is 18.1 Å². The Bertz CT molecular complexity index is 1230. The molecule has 1 fully saturated rings. The van der Waals surface area contributed by atoms with E-state index in [2.05, 4.69) is 34.5 Å². The second-order valence-electron chi connectivity index (χ2n) is 9.06. The van der Waals surface area contributed by atoms with Crippen LogP contribution in [-0.4, -0.2) is 43.8 Å². The summed E-state index contributed by atoms with van der Waals surface area (Å²) in [6, 6.07) is 16.3. The zero-order chi connectivity index (χ0) is 24.3. The fourth-order valence-electron chi connectivity index (χ4n) is 4.84. The van der Waals surface area contributed by atoms with E-state index >= 15 is 0 Å². The number of hydrogen-bond acceptors (Lipinski definition) is 5. The summed E-state index contributed by atoms with van der Waals surface area (Å²) in [5.74, 6) is -1.46. The highest BCUT2D eigenvalue weighted by atomic mass is 32.2. The van der Waals surface area contributed by atoms with Crippen LogP contribution in [0.25, 0.3) is 0 Å². The molecule has 0 aromatic heterocycles. The van der Waals surface area contributed by atoms with Crippen LogP contribution < -0.4 is 0 Å². The number of rotatable bonds is 7. The monoisotopic (exact) mass is 479 g/mol. The van der Waals surface area contributed by atoms with Crippen LogP contribution in [0.1, 0.15) is 53.4 Å². The van der Waals surface area contributed by atoms with E-state index in [0.717, 1.165) is 29.5 Å². The predicted octanol–water partition coefficient (Wildman–Crippen LogP) is 4.35. The lowest BCUT2D eigenvalue weighted by Crippen LogP contribution is -2.37. The van der Waals surface area contributed by atoms with Gasteiger partial charge >= 0.3 is 0 Å². The molecule has 4 rings (SSSR count). The van der Waals surface area contributed by atoms with Gasteiger partial charge in [0.2, 0.25) is 10.0 Å². The van der Waals surface area contributed by atoms with Crippen molar-refractivity contribution in [2.45, 2.75) is 38.0 Å². The molecule has 1 amide bonds. The second-order valence-corrected chi connectivity index (χ2v) is 11.0. The van der Waals surface area contributed by atoms with Crippen molar-refractivity contribution >= 4 is 21.7 Å². The van der Waals surface area contributed by atoms with Gasteiger partial charge in [0.15, 0.2) is 0 Å². The molecule has 2 atom stereocenters. The van der Waals surface area contributed by atoms with Gasteiger partial charge in [-0.15, -0.1) is 5.11 Å². The van der Waals surface area contributed by atoms with Crippen molar-refractivity contribution < 1.29 is 18.0 Å². The van der Waals surface area contributed by atoms with E-state index < -0.39 is 21.8 Å². The van der Waals surface area contributed by atoms with Crippen LogP contribution in [0.2, 0.25) is 0 Å². The van der Waals surface area contributed by atoms with E-state index in [9.17, 15) is 18.0 Å². The second kappa shape index (κ2) is 10.1. The molecule has 2 heterocycles. The van der Waals surface area contributed by atoms with Gasteiger partial charge in [0.1, 0.15) is 11.7 Å². The first kappa shape index (κ1) is 24.2. The Labute approximate surface area is 200 Å². The van der Waals surface area contributed by atoms with E-state index in [4.69, 9.17) is 0 Å². The Morgan fingerprint density at radius 3 is 2.38 bits per heavy atom. The summed E-state index contributed by atoms with van der Waals surface area (Å²) in [6.07, 6.45) is 5.94. The maximum absolute atomic E-state index is 13.1. The number of amides is 1. The van der Waals surface area contributed by atoms with E-state index in [1.54, 1.807) is 0 Å². The van der Waals surface area contributed by atoms with Crippen molar-refractivity contribution in [2.24, 2.45) is 16.1 Å². The molecule has 178 valence electrons. The molecule has 2 aromatic carbocycles. The number of nitrogens with zero attached hydrogens (tertiary/aromatic N) is 3. The van der Waals surface area contributed by atoms with Gasteiger partial charge in [-0.2, -0.15) is 5.11 Å². The molecule has 2 aromatic rings. The average Bonchev–Trinajstić information content (AvgIpc) is 2.83. The Balaban J connectivity index is 1.55. The Hall–Kier alpha value is -2.97. The van der Waals surface area contributed by atoms with Crippen LogP contribution in [0.4, 0.5) is 0 Å². The minimum absolute atomic E-state index is 0.176. The van der Waals surface area contributed by atoms with Gasteiger partial charge in [-0.3, -0.25) is 9.59 Å². The lowest BCUT2D eigenvalue weighted by molar-refractivity contribution is -0.130. The quantitative estimate of drug-likeness (QED) is 0.552. The van der Waals surface area contributed by atoms with E-state index in [0.29, 0.717) is 19.0 Å². The lowest BCUT2D eigenvalue weighted by atomic mass is 9.81. The molecule has 2 aliphatic rings. The van der Waals surface area contributed by atoms with Crippen LogP contribution >= 0.6 is 0 Å². The first-order valence-electron chi connectivity index (χ1n) is 11.5. The van der Waals surface area contributed by atoms with E-state index in [1.165, 1.54) is 28.4 Å². The van der Waals surface area contributed by atoms with Gasteiger partial charge < -0.3 is 0 Å². The third-order valence-corrected chi connectivity index (χ3v) is 8.12. The summed E-state index contributed by atoms with van der Waals surface area (Å²) in [5.41, 5.74) is 4.33. The summed E-state index contributed by atoms with van der Waals surface area (Å²) in [6.45, 7) is 3.09. The number of carbonyl (C=O) groups excluding carboxylic acids is 2. The summed E-state index contributed by atoms with van der Waals surface area (Å²) in [7, 11) is -3.15. The van der Waals surface area contributed by atoms with Crippen molar-refractivity contribution in [1.29, 1.82) is 0 Å². The van der Waals surface area contributed by atoms with Crippen molar-refractivity contribution in [3.05, 3.63) is 83.1 Å². The van der Waals surface area contributed by atoms with Gasteiger partial charge in [0.25, 0.3) is 5.91 Å². The number of hydrogen-bond donors (Lipinski definition) is 0. The Morgan fingerprint density at radius 2 is 1.76 bits per heavy atom. The Kier molecular flexibility index (Phi) is 7.19. The Morgan fingerprint density at radius 1 is 1.09 bits per heavy atom. The number of ketones is 1. The molecule has 0 spiro atoms. The number of aryl methyl sites for hydroxylation is 1. The summed E-state index contributed by atoms with van der Waals surface area (Å²) in [4.78, 5) is 25.2. The standard InChI is InChI=1S/C26H29N3O4S/c1-18-5-3-4-6-22(18)24(17-25(30)23-11-14-27-28-26(23)31)21-9-7-19(8-10-21)20-12-15-29(16-13-20)34(2,32)33/h3-11,14,20,23-24H,12-13,15-17H2,1-2H3. The smallest absolute Gasteiger partial charge is 0.278 e. The number of benzene rings is 2. The summed E-state index contributed by atoms with van der Waals surface area (Å²) in [5, 5.41) is 7.10. The molecular formula is C26H29N3O4S. The molecule has 2 aliphatic heterocycles. The molecule has 0 saturated carbocycles. The first-order valence-corrected chi connectivity index (χ1v) is 13.3. The summed E-state index contributed by atoms with van der Waals surface area (Å²) < 4.78 is 25.1. The number of piperidine rings is 1. The van der Waals surface area contributed by atoms with Gasteiger partial charge in [-0.05, 0) is 54.0 Å². The first-order chi connectivity index (χ1) is 16.2. The molecule has 0 bridgehead atoms. The fraction of sp³-hybridized carbons (Fsp3) is 0.385. The molecule has 2 unspecified atom stereocenters. The van der Waals surface area contributed by atoms with Gasteiger partial charge in [-0.1, -0.05) is 48.5 Å². The molecule has 8 heteroatoms. The fourth-order valence-corrected chi connectivity index (χ4v) is 5.71. The number of Topliss-reactive ketones (excluding diaryl/α,β-unsaturated/α-hetero) is 1. The molecule has 1 saturated heterocycles. The van der Waals surface area contributed by atoms with Crippen LogP contribution in [0.3, 0.4) is 0 Å². The normalized spacial score (nSPS) is 20.4. The molecule has 34 heavy (non-hydrogen) atoms. The third kappa shape index (κ3) is 5.39. The minimum atomic E-state index is -3.15. The predicted molar refractivity (Wildman–Crippen MR) is 130 cm³/mol. The van der Waals surface area contributed by atoms with E-state index in [1.807, 2.05) is 31.2 Å². The minimum Gasteiger partial charge on any atom is -0.298 e. The van der Waals surface area contributed by atoms with Crippen molar-refractivity contribution in [3.63, 3.8) is 0 Å². The lowest BCUT2D eigenvalue weighted by Gasteiger charge is -2.30. The largest absolute Gasteiger partial charge is 0.298 e. The van der Waals surface area contributed by atoms with Crippen LogP contribution in [0.15, 0.2) is 71.0 Å². The van der Waals surface area contributed by atoms with Crippen LogP contribution in [0, 0.1) is 12.8 Å². The third-order valence-electron chi connectivity index (χ3n) is 6.82. The number of sulfonamides is 1. The summed E-state index contributed by atoms with van der Waals surface area (Å²) >= 11 is 0. The van der Waals surface area contributed by atoms with Gasteiger partial charge in [-0.25, -0.2) is 12.7 Å². The zero-order valence-electron chi connectivity index (χ0n) is 19.4. The van der Waals surface area contributed by atoms with Crippen molar-refractivity contribution in [1.82, 2.24) is 4.31 Å². The number of azo groups is 1. The molecule has 0 aliphatic carbocycles. The molecule has 7 nitrogen and oxygen atoms in total. The molecule has 0 N–H and O–H groups in total. The van der Waals surface area contributed by atoms with Crippen LogP contribution in [0.5, 0.6) is 0 Å². The maximum Gasteiger partial charge on any atom is 0.278 e. The van der Waals surface area contributed by atoms with Gasteiger partial charge in [0, 0.05) is 31.6 Å². The van der Waals surface area contributed by atoms with Gasteiger partial charge in [0.05, 0.1) is 6.26 Å². The molecular weight excluding hydrogens is 450 g/mol. The van der Waals surface area contributed by atoms with Crippen molar-refractivity contribution in [2.75, 3.05) is 19.3 Å². The highest BCUT2D eigenvalue weighted by Gasteiger charge is 2.30. The van der Waals surface area contributed by atoms with Crippen molar-refractivity contribution in [3.8, 4) is 0 Å².